The maximum atomic E-state index is 12.5. The highest BCUT2D eigenvalue weighted by Crippen LogP contribution is 2.31. The van der Waals surface area contributed by atoms with Gasteiger partial charge in [0, 0.05) is 5.56 Å². The van der Waals surface area contributed by atoms with E-state index in [0.29, 0.717) is 41.4 Å². The molecule has 0 N–H and O–H groups in total. The van der Waals surface area contributed by atoms with E-state index in [1.165, 1.54) is 0 Å². The standard InChI is InChI=1S/C18H13NO5/c20-14(11-5-6-15-16(9-11)24-8-7-23-15)10-19-17(21)12-3-1-2-4-13(12)18(19)22/h1-6,9H,7-8,10H2. The third kappa shape index (κ3) is 2.23. The fourth-order valence-electron chi connectivity index (χ4n) is 2.83. The normalized spacial score (nSPS) is 15.4. The van der Waals surface area contributed by atoms with E-state index in [4.69, 9.17) is 9.47 Å². The molecule has 0 unspecified atom stereocenters. The lowest BCUT2D eigenvalue weighted by molar-refractivity contribution is 0.0624. The van der Waals surface area contributed by atoms with Gasteiger partial charge in [-0.05, 0) is 30.3 Å². The molecule has 0 spiro atoms. The summed E-state index contributed by atoms with van der Waals surface area (Å²) in [6.07, 6.45) is 0. The molecule has 0 fully saturated rings. The Balaban J connectivity index is 1.57. The van der Waals surface area contributed by atoms with E-state index in [1.54, 1.807) is 42.5 Å². The highest BCUT2D eigenvalue weighted by atomic mass is 16.6. The minimum absolute atomic E-state index is 0.300. The molecule has 0 bridgehead atoms. The number of carbonyl (C=O) groups excluding carboxylic acids is 3. The Hall–Kier alpha value is -3.15. The Labute approximate surface area is 137 Å². The van der Waals surface area contributed by atoms with Crippen LogP contribution >= 0.6 is 0 Å². The van der Waals surface area contributed by atoms with Gasteiger partial charge in [0.05, 0.1) is 17.7 Å². The van der Waals surface area contributed by atoms with Crippen LogP contribution in [0.15, 0.2) is 42.5 Å². The number of rotatable bonds is 3. The van der Waals surface area contributed by atoms with Crippen LogP contribution < -0.4 is 9.47 Å². The number of ether oxygens (including phenoxy) is 2. The fourth-order valence-corrected chi connectivity index (χ4v) is 2.83. The van der Waals surface area contributed by atoms with E-state index >= 15 is 0 Å². The third-order valence-corrected chi connectivity index (χ3v) is 4.04. The average Bonchev–Trinajstić information content (AvgIpc) is 2.86. The second-order valence-electron chi connectivity index (χ2n) is 5.52. The summed E-state index contributed by atoms with van der Waals surface area (Å²) in [6, 6.07) is 11.4. The zero-order valence-corrected chi connectivity index (χ0v) is 12.7. The van der Waals surface area contributed by atoms with Crippen molar-refractivity contribution in [1.82, 2.24) is 4.90 Å². The number of amides is 2. The number of carbonyl (C=O) groups is 3. The summed E-state index contributed by atoms with van der Waals surface area (Å²) in [6.45, 7) is 0.588. The Morgan fingerprint density at radius 2 is 1.54 bits per heavy atom. The van der Waals surface area contributed by atoms with Crippen LogP contribution in [0.5, 0.6) is 11.5 Å². The van der Waals surface area contributed by atoms with Crippen molar-refractivity contribution in [2.24, 2.45) is 0 Å². The largest absolute Gasteiger partial charge is 0.486 e. The highest BCUT2D eigenvalue weighted by molar-refractivity contribution is 6.23. The first-order valence-electron chi connectivity index (χ1n) is 7.53. The SMILES string of the molecule is O=C(CN1C(=O)c2ccccc2C1=O)c1ccc2c(c1)OCCO2. The molecule has 0 saturated heterocycles. The van der Waals surface area contributed by atoms with Crippen LogP contribution in [0.1, 0.15) is 31.1 Å². The predicted octanol–water partition coefficient (Wildman–Crippen LogP) is 1.94. The first kappa shape index (κ1) is 14.4. The van der Waals surface area contributed by atoms with Gasteiger partial charge in [-0.3, -0.25) is 19.3 Å². The first-order valence-corrected chi connectivity index (χ1v) is 7.53. The van der Waals surface area contributed by atoms with Crippen molar-refractivity contribution in [3.05, 3.63) is 59.2 Å². The van der Waals surface area contributed by atoms with Crippen molar-refractivity contribution in [3.63, 3.8) is 0 Å². The molecule has 6 heteroatoms. The maximum Gasteiger partial charge on any atom is 0.261 e. The molecule has 6 nitrogen and oxygen atoms in total. The predicted molar refractivity (Wildman–Crippen MR) is 83.6 cm³/mol. The van der Waals surface area contributed by atoms with Gasteiger partial charge in [0.15, 0.2) is 17.3 Å². The van der Waals surface area contributed by atoms with Gasteiger partial charge in [0.1, 0.15) is 13.2 Å². The third-order valence-electron chi connectivity index (χ3n) is 4.04. The zero-order chi connectivity index (χ0) is 16.7. The Bertz CT molecular complexity index is 838. The number of benzene rings is 2. The molecular formula is C18H13NO5. The number of hydrogen-bond donors (Lipinski definition) is 0. The molecule has 0 saturated carbocycles. The molecule has 4 rings (SSSR count). The summed E-state index contributed by atoms with van der Waals surface area (Å²) < 4.78 is 10.9. The van der Waals surface area contributed by atoms with Crippen LogP contribution in [0.3, 0.4) is 0 Å². The summed E-state index contributed by atoms with van der Waals surface area (Å²) in [5.74, 6) is -0.141. The number of Topliss-reactive ketones (excluding diaryl/α,β-unsaturated/α-hetero) is 1. The lowest BCUT2D eigenvalue weighted by atomic mass is 10.1. The van der Waals surface area contributed by atoms with Gasteiger partial charge in [-0.1, -0.05) is 12.1 Å². The van der Waals surface area contributed by atoms with Crippen LogP contribution in [0.2, 0.25) is 0 Å². The molecule has 2 aliphatic heterocycles. The van der Waals surface area contributed by atoms with Crippen molar-refractivity contribution in [1.29, 1.82) is 0 Å². The van der Waals surface area contributed by atoms with Gasteiger partial charge in [-0.15, -0.1) is 0 Å². The molecule has 0 atom stereocenters. The monoisotopic (exact) mass is 323 g/mol. The smallest absolute Gasteiger partial charge is 0.261 e. The average molecular weight is 323 g/mol. The van der Waals surface area contributed by atoms with Gasteiger partial charge in [-0.25, -0.2) is 0 Å². The number of nitrogens with zero attached hydrogens (tertiary/aromatic N) is 1. The van der Waals surface area contributed by atoms with E-state index in [2.05, 4.69) is 0 Å². The molecular weight excluding hydrogens is 310 g/mol. The quantitative estimate of drug-likeness (QED) is 0.637. The summed E-state index contributed by atoms with van der Waals surface area (Å²) in [7, 11) is 0. The van der Waals surface area contributed by atoms with E-state index < -0.39 is 11.8 Å². The van der Waals surface area contributed by atoms with Crippen molar-refractivity contribution < 1.29 is 23.9 Å². The summed E-state index contributed by atoms with van der Waals surface area (Å²) in [5, 5.41) is 0. The number of fused-ring (bicyclic) bond motifs is 2. The van der Waals surface area contributed by atoms with Crippen molar-refractivity contribution in [3.8, 4) is 11.5 Å². The Morgan fingerprint density at radius 1 is 0.917 bits per heavy atom. The molecule has 2 amide bonds. The van der Waals surface area contributed by atoms with Gasteiger partial charge in [-0.2, -0.15) is 0 Å². The number of imide groups is 1. The lowest BCUT2D eigenvalue weighted by Crippen LogP contribution is -2.34. The fraction of sp³-hybridized carbons (Fsp3) is 0.167. The second-order valence-corrected chi connectivity index (χ2v) is 5.52. The van der Waals surface area contributed by atoms with Crippen LogP contribution in [0, 0.1) is 0 Å². The van der Waals surface area contributed by atoms with E-state index in [1.807, 2.05) is 0 Å². The zero-order valence-electron chi connectivity index (χ0n) is 12.7. The van der Waals surface area contributed by atoms with Gasteiger partial charge in [0.25, 0.3) is 11.8 Å². The van der Waals surface area contributed by atoms with Crippen molar-refractivity contribution in [2.45, 2.75) is 0 Å². The summed E-state index contributed by atoms with van der Waals surface area (Å²) in [4.78, 5) is 38.1. The highest BCUT2D eigenvalue weighted by Gasteiger charge is 2.36. The molecule has 2 aromatic carbocycles. The molecule has 0 aliphatic carbocycles. The molecule has 2 aromatic rings. The van der Waals surface area contributed by atoms with Crippen molar-refractivity contribution in [2.75, 3.05) is 19.8 Å². The summed E-state index contributed by atoms with van der Waals surface area (Å²) in [5.41, 5.74) is 1.03. The Kier molecular flexibility index (Phi) is 3.30. The van der Waals surface area contributed by atoms with Crippen LogP contribution in [-0.4, -0.2) is 42.3 Å². The number of hydrogen-bond acceptors (Lipinski definition) is 5. The minimum Gasteiger partial charge on any atom is -0.486 e. The molecule has 0 aromatic heterocycles. The lowest BCUT2D eigenvalue weighted by Gasteiger charge is -2.19. The van der Waals surface area contributed by atoms with Gasteiger partial charge in [0.2, 0.25) is 0 Å². The summed E-state index contributed by atoms with van der Waals surface area (Å²) >= 11 is 0. The minimum atomic E-state index is -0.443. The maximum absolute atomic E-state index is 12.5. The van der Waals surface area contributed by atoms with E-state index in [0.717, 1.165) is 4.90 Å². The van der Waals surface area contributed by atoms with Gasteiger partial charge < -0.3 is 9.47 Å². The molecule has 120 valence electrons. The first-order chi connectivity index (χ1) is 11.6. The van der Waals surface area contributed by atoms with E-state index in [-0.39, 0.29) is 12.3 Å². The van der Waals surface area contributed by atoms with Gasteiger partial charge >= 0.3 is 0 Å². The molecule has 24 heavy (non-hydrogen) atoms. The molecule has 2 heterocycles. The van der Waals surface area contributed by atoms with Crippen LogP contribution in [-0.2, 0) is 0 Å². The number of ketones is 1. The van der Waals surface area contributed by atoms with Crippen LogP contribution in [0.4, 0.5) is 0 Å². The second kappa shape index (κ2) is 5.49. The Morgan fingerprint density at radius 3 is 2.21 bits per heavy atom. The molecule has 0 radical (unpaired) electrons. The van der Waals surface area contributed by atoms with Crippen LogP contribution in [0.25, 0.3) is 0 Å². The van der Waals surface area contributed by atoms with Crippen molar-refractivity contribution >= 4 is 17.6 Å². The molecule has 2 aliphatic rings. The topological polar surface area (TPSA) is 72.9 Å². The van der Waals surface area contributed by atoms with E-state index in [9.17, 15) is 14.4 Å².